The minimum Gasteiger partial charge on any atom is -0.493 e. The van der Waals surface area contributed by atoms with Crippen LogP contribution in [0.2, 0.25) is 0 Å². The molecule has 1 rings (SSSR count). The van der Waals surface area contributed by atoms with Gasteiger partial charge in [0.25, 0.3) is 0 Å². The van der Waals surface area contributed by atoms with Crippen LogP contribution in [0.15, 0.2) is 29.8 Å². The number of hydrogen-bond acceptors (Lipinski definition) is 3. The molecule has 82 valence electrons. The Morgan fingerprint density at radius 1 is 1.56 bits per heavy atom. The van der Waals surface area contributed by atoms with E-state index in [9.17, 15) is 0 Å². The van der Waals surface area contributed by atoms with Gasteiger partial charge in [-0.1, -0.05) is 30.4 Å². The first-order valence-electron chi connectivity index (χ1n) is 4.82. The summed E-state index contributed by atoms with van der Waals surface area (Å²) in [4.78, 5) is 0.0915. The zero-order valence-corrected chi connectivity index (χ0v) is 9.75. The summed E-state index contributed by atoms with van der Waals surface area (Å²) in [6, 6.07) is 9.38. The molecule has 0 aliphatic heterocycles. The van der Waals surface area contributed by atoms with Crippen molar-refractivity contribution in [2.45, 2.75) is 6.92 Å². The van der Waals surface area contributed by atoms with Gasteiger partial charge >= 0.3 is 0 Å². The predicted molar refractivity (Wildman–Crippen MR) is 68.0 cm³/mol. The van der Waals surface area contributed by atoms with Crippen LogP contribution in [0.25, 0.3) is 6.08 Å². The maximum atomic E-state index is 8.85. The zero-order valence-electron chi connectivity index (χ0n) is 8.93. The molecule has 1 aromatic rings. The molecule has 0 unspecified atom stereocenters. The standard InChI is InChI=1S/C12H12N2OS/c1-2-15-11-6-4-3-5-9(11)7-10(8-13)12(14)16/h3-7H,2H2,1H3,(H2,14,16). The van der Waals surface area contributed by atoms with Gasteiger partial charge in [-0.2, -0.15) is 5.26 Å². The average molecular weight is 232 g/mol. The third-order valence-corrected chi connectivity index (χ3v) is 2.12. The average Bonchev–Trinajstić information content (AvgIpc) is 2.27. The van der Waals surface area contributed by atoms with Gasteiger partial charge in [0.2, 0.25) is 0 Å². The molecule has 0 spiro atoms. The van der Waals surface area contributed by atoms with Crippen LogP contribution < -0.4 is 10.5 Å². The smallest absolute Gasteiger partial charge is 0.126 e. The summed E-state index contributed by atoms with van der Waals surface area (Å²) in [7, 11) is 0. The molecule has 0 heterocycles. The highest BCUT2D eigenvalue weighted by molar-refractivity contribution is 7.80. The van der Waals surface area contributed by atoms with Crippen LogP contribution in [-0.2, 0) is 0 Å². The van der Waals surface area contributed by atoms with Crippen LogP contribution in [-0.4, -0.2) is 11.6 Å². The molecule has 1 aromatic carbocycles. The molecule has 16 heavy (non-hydrogen) atoms. The lowest BCUT2D eigenvalue weighted by molar-refractivity contribution is 0.339. The predicted octanol–water partition coefficient (Wildman–Crippen LogP) is 2.28. The van der Waals surface area contributed by atoms with Gasteiger partial charge in [0.1, 0.15) is 16.8 Å². The first-order valence-corrected chi connectivity index (χ1v) is 5.23. The van der Waals surface area contributed by atoms with Crippen LogP contribution in [0.5, 0.6) is 5.75 Å². The van der Waals surface area contributed by atoms with E-state index in [2.05, 4.69) is 0 Å². The van der Waals surface area contributed by atoms with Crippen molar-refractivity contribution in [3.63, 3.8) is 0 Å². The van der Waals surface area contributed by atoms with Crippen LogP contribution in [0.4, 0.5) is 0 Å². The second kappa shape index (κ2) is 5.89. The van der Waals surface area contributed by atoms with Crippen molar-refractivity contribution in [1.82, 2.24) is 0 Å². The van der Waals surface area contributed by atoms with E-state index >= 15 is 0 Å². The Balaban J connectivity index is 3.13. The van der Waals surface area contributed by atoms with E-state index < -0.39 is 0 Å². The molecule has 0 saturated heterocycles. The van der Waals surface area contributed by atoms with Gasteiger partial charge in [-0.15, -0.1) is 0 Å². The first-order chi connectivity index (χ1) is 7.69. The number of hydrogen-bond donors (Lipinski definition) is 1. The summed E-state index contributed by atoms with van der Waals surface area (Å²) in [6.07, 6.45) is 1.63. The van der Waals surface area contributed by atoms with Crippen molar-refractivity contribution in [1.29, 1.82) is 5.26 Å². The van der Waals surface area contributed by atoms with E-state index in [-0.39, 0.29) is 10.6 Å². The number of ether oxygens (including phenoxy) is 1. The van der Waals surface area contributed by atoms with E-state index in [0.29, 0.717) is 12.4 Å². The number of rotatable bonds is 4. The summed E-state index contributed by atoms with van der Waals surface area (Å²) in [5.74, 6) is 0.717. The Labute approximate surface area is 100 Å². The molecule has 0 aliphatic carbocycles. The molecule has 0 aromatic heterocycles. The lowest BCUT2D eigenvalue weighted by atomic mass is 10.1. The quantitative estimate of drug-likeness (QED) is 0.491. The summed E-state index contributed by atoms with van der Waals surface area (Å²) in [5, 5.41) is 8.85. The van der Waals surface area contributed by atoms with Crippen molar-refractivity contribution >= 4 is 23.3 Å². The number of thiocarbonyl (C=S) groups is 1. The van der Waals surface area contributed by atoms with Crippen molar-refractivity contribution in [3.05, 3.63) is 35.4 Å². The van der Waals surface area contributed by atoms with Crippen LogP contribution in [0.1, 0.15) is 12.5 Å². The number of nitrogens with two attached hydrogens (primary N) is 1. The van der Waals surface area contributed by atoms with E-state index in [1.165, 1.54) is 0 Å². The molecule has 0 radical (unpaired) electrons. The zero-order chi connectivity index (χ0) is 12.0. The highest BCUT2D eigenvalue weighted by Crippen LogP contribution is 2.20. The third-order valence-electron chi connectivity index (χ3n) is 1.90. The molecule has 0 bridgehead atoms. The Morgan fingerprint density at radius 3 is 2.81 bits per heavy atom. The van der Waals surface area contributed by atoms with Gasteiger partial charge in [0.05, 0.1) is 12.2 Å². The highest BCUT2D eigenvalue weighted by atomic mass is 32.1. The number of nitriles is 1. The Morgan fingerprint density at radius 2 is 2.25 bits per heavy atom. The van der Waals surface area contributed by atoms with Crippen molar-refractivity contribution in [2.24, 2.45) is 5.73 Å². The monoisotopic (exact) mass is 232 g/mol. The van der Waals surface area contributed by atoms with Gasteiger partial charge in [0.15, 0.2) is 0 Å². The second-order valence-corrected chi connectivity index (χ2v) is 3.44. The van der Waals surface area contributed by atoms with Crippen LogP contribution in [0, 0.1) is 11.3 Å². The van der Waals surface area contributed by atoms with Gasteiger partial charge in [-0.3, -0.25) is 0 Å². The highest BCUT2D eigenvalue weighted by Gasteiger charge is 2.03. The molecular weight excluding hydrogens is 220 g/mol. The number of para-hydroxylation sites is 1. The maximum absolute atomic E-state index is 8.85. The lowest BCUT2D eigenvalue weighted by Gasteiger charge is -2.06. The molecule has 3 nitrogen and oxygen atoms in total. The summed E-state index contributed by atoms with van der Waals surface area (Å²) in [6.45, 7) is 2.47. The largest absolute Gasteiger partial charge is 0.493 e. The summed E-state index contributed by atoms with van der Waals surface area (Å²) >= 11 is 4.77. The van der Waals surface area contributed by atoms with E-state index in [1.54, 1.807) is 6.08 Å². The van der Waals surface area contributed by atoms with Crippen LogP contribution in [0.3, 0.4) is 0 Å². The molecule has 0 saturated carbocycles. The normalized spacial score (nSPS) is 10.6. The van der Waals surface area contributed by atoms with E-state index in [4.69, 9.17) is 28.0 Å². The Bertz CT molecular complexity index is 460. The molecule has 0 amide bonds. The molecule has 4 heteroatoms. The SMILES string of the molecule is CCOc1ccccc1C=C(C#N)C(N)=S. The van der Waals surface area contributed by atoms with Crippen LogP contribution >= 0.6 is 12.2 Å². The van der Waals surface area contributed by atoms with E-state index in [0.717, 1.165) is 5.56 Å². The second-order valence-electron chi connectivity index (χ2n) is 3.00. The fourth-order valence-electron chi connectivity index (χ4n) is 1.20. The molecule has 2 N–H and O–H groups in total. The molecule has 0 aliphatic rings. The van der Waals surface area contributed by atoms with Gasteiger partial charge in [0, 0.05) is 5.56 Å². The fourth-order valence-corrected chi connectivity index (χ4v) is 1.31. The Kier molecular flexibility index (Phi) is 4.49. The van der Waals surface area contributed by atoms with Gasteiger partial charge in [-0.25, -0.2) is 0 Å². The minimum atomic E-state index is 0.0915. The molecular formula is C12H12N2OS. The molecule has 0 atom stereocenters. The maximum Gasteiger partial charge on any atom is 0.126 e. The number of nitrogens with zero attached hydrogens (tertiary/aromatic N) is 1. The van der Waals surface area contributed by atoms with Gasteiger partial charge < -0.3 is 10.5 Å². The third kappa shape index (κ3) is 3.07. The number of benzene rings is 1. The first kappa shape index (κ1) is 12.2. The fraction of sp³-hybridized carbons (Fsp3) is 0.167. The summed E-state index contributed by atoms with van der Waals surface area (Å²) < 4.78 is 5.42. The summed E-state index contributed by atoms with van der Waals surface area (Å²) in [5.41, 5.74) is 6.50. The Hall–Kier alpha value is -1.86. The topological polar surface area (TPSA) is 59.0 Å². The van der Waals surface area contributed by atoms with Crippen molar-refractivity contribution < 1.29 is 4.74 Å². The minimum absolute atomic E-state index is 0.0915. The lowest BCUT2D eigenvalue weighted by Crippen LogP contribution is -2.09. The van der Waals surface area contributed by atoms with Crippen molar-refractivity contribution in [2.75, 3.05) is 6.61 Å². The van der Waals surface area contributed by atoms with E-state index in [1.807, 2.05) is 37.3 Å². The van der Waals surface area contributed by atoms with Crippen molar-refractivity contribution in [3.8, 4) is 11.8 Å². The molecule has 0 fully saturated rings. The van der Waals surface area contributed by atoms with Gasteiger partial charge in [-0.05, 0) is 19.1 Å².